The van der Waals surface area contributed by atoms with Gasteiger partial charge in [-0.3, -0.25) is 4.99 Å². The van der Waals surface area contributed by atoms with Gasteiger partial charge in [-0.15, -0.1) is 24.0 Å². The Balaban J connectivity index is 0.00000338. The third-order valence-electron chi connectivity index (χ3n) is 4.85. The Morgan fingerprint density at radius 3 is 2.46 bits per heavy atom. The third-order valence-corrected chi connectivity index (χ3v) is 7.48. The first-order valence-corrected chi connectivity index (χ1v) is 11.3. The number of hydrogen-bond acceptors (Lipinski definition) is 3. The van der Waals surface area contributed by atoms with Crippen molar-refractivity contribution < 1.29 is 8.42 Å². The smallest absolute Gasteiger partial charge is 0.191 e. The molecule has 1 fully saturated rings. The third kappa shape index (κ3) is 6.09. The Labute approximate surface area is 182 Å². The molecule has 1 aromatic carbocycles. The SMILES string of the molecule is CCNC(=NCC(C)(C)S(C)(=O)=O)NCC1(c2cccc(Br)c2)CC1.I. The van der Waals surface area contributed by atoms with Crippen LogP contribution in [-0.2, 0) is 15.3 Å². The zero-order valence-corrected chi connectivity index (χ0v) is 20.5. The minimum atomic E-state index is -3.16. The van der Waals surface area contributed by atoms with E-state index in [4.69, 9.17) is 0 Å². The fourth-order valence-corrected chi connectivity index (χ4v) is 3.22. The van der Waals surface area contributed by atoms with E-state index in [0.717, 1.165) is 30.4 Å². The first-order chi connectivity index (χ1) is 11.6. The zero-order valence-electron chi connectivity index (χ0n) is 15.8. The highest BCUT2D eigenvalue weighted by molar-refractivity contribution is 14.0. The summed E-state index contributed by atoms with van der Waals surface area (Å²) in [6.45, 7) is 7.16. The van der Waals surface area contributed by atoms with E-state index in [0.29, 0.717) is 5.96 Å². The first-order valence-electron chi connectivity index (χ1n) is 8.57. The van der Waals surface area contributed by atoms with Gasteiger partial charge >= 0.3 is 0 Å². The molecule has 0 spiro atoms. The van der Waals surface area contributed by atoms with Crippen molar-refractivity contribution in [1.29, 1.82) is 0 Å². The van der Waals surface area contributed by atoms with Crippen LogP contribution in [0.25, 0.3) is 0 Å². The predicted octanol–water partition coefficient (Wildman–Crippen LogP) is 3.48. The Hall–Kier alpha value is -0.350. The lowest BCUT2D eigenvalue weighted by Gasteiger charge is -2.22. The zero-order chi connectivity index (χ0) is 18.7. The van der Waals surface area contributed by atoms with Gasteiger partial charge in [0, 0.05) is 29.2 Å². The quantitative estimate of drug-likeness (QED) is 0.306. The van der Waals surface area contributed by atoms with Gasteiger partial charge in [0.25, 0.3) is 0 Å². The van der Waals surface area contributed by atoms with Gasteiger partial charge in [-0.05, 0) is 51.3 Å². The highest BCUT2D eigenvalue weighted by atomic mass is 127. The Morgan fingerprint density at radius 1 is 1.31 bits per heavy atom. The summed E-state index contributed by atoms with van der Waals surface area (Å²) in [6, 6.07) is 8.43. The second-order valence-electron chi connectivity index (χ2n) is 7.37. The van der Waals surface area contributed by atoms with E-state index in [-0.39, 0.29) is 35.9 Å². The van der Waals surface area contributed by atoms with Crippen LogP contribution in [0, 0.1) is 0 Å². The number of benzene rings is 1. The van der Waals surface area contributed by atoms with E-state index in [9.17, 15) is 8.42 Å². The molecule has 0 saturated heterocycles. The van der Waals surface area contributed by atoms with Gasteiger partial charge in [0.2, 0.25) is 0 Å². The van der Waals surface area contributed by atoms with Crippen molar-refractivity contribution in [2.24, 2.45) is 4.99 Å². The van der Waals surface area contributed by atoms with Crippen molar-refractivity contribution in [3.05, 3.63) is 34.3 Å². The topological polar surface area (TPSA) is 70.6 Å². The van der Waals surface area contributed by atoms with E-state index in [2.05, 4.69) is 49.8 Å². The molecule has 0 aromatic heterocycles. The number of guanidine groups is 1. The van der Waals surface area contributed by atoms with Gasteiger partial charge in [-0.1, -0.05) is 28.1 Å². The van der Waals surface area contributed by atoms with Gasteiger partial charge in [0.15, 0.2) is 15.8 Å². The summed E-state index contributed by atoms with van der Waals surface area (Å²) >= 11 is 3.54. The minimum absolute atomic E-state index is 0. The number of nitrogens with one attached hydrogen (secondary N) is 2. The van der Waals surface area contributed by atoms with E-state index < -0.39 is 14.6 Å². The summed E-state index contributed by atoms with van der Waals surface area (Å²) in [6.07, 6.45) is 3.55. The number of nitrogens with zero attached hydrogens (tertiary/aromatic N) is 1. The summed E-state index contributed by atoms with van der Waals surface area (Å²) < 4.78 is 23.9. The molecule has 2 N–H and O–H groups in total. The predicted molar refractivity (Wildman–Crippen MR) is 123 cm³/mol. The van der Waals surface area contributed by atoms with Crippen LogP contribution in [0.5, 0.6) is 0 Å². The van der Waals surface area contributed by atoms with Crippen molar-refractivity contribution >= 4 is 55.7 Å². The first kappa shape index (κ1) is 23.7. The number of aliphatic imine (C=N–C) groups is 1. The van der Waals surface area contributed by atoms with E-state index >= 15 is 0 Å². The maximum Gasteiger partial charge on any atom is 0.191 e. The van der Waals surface area contributed by atoms with Crippen molar-refractivity contribution in [2.45, 2.75) is 43.8 Å². The van der Waals surface area contributed by atoms with Gasteiger partial charge < -0.3 is 10.6 Å². The standard InChI is InChI=1S/C18H28BrN3O2S.HI/c1-5-20-16(21-12-17(2,3)25(4,23)24)22-13-18(9-10-18)14-7-6-8-15(19)11-14;/h6-8,11H,5,9-10,12-13H2,1-4H3,(H2,20,21,22);1H. The molecule has 0 heterocycles. The van der Waals surface area contributed by atoms with Crippen LogP contribution < -0.4 is 10.6 Å². The molecule has 26 heavy (non-hydrogen) atoms. The molecule has 0 aliphatic heterocycles. The summed E-state index contributed by atoms with van der Waals surface area (Å²) in [4.78, 5) is 4.50. The summed E-state index contributed by atoms with van der Waals surface area (Å²) in [7, 11) is -3.16. The van der Waals surface area contributed by atoms with Gasteiger partial charge in [-0.2, -0.15) is 0 Å². The number of halogens is 2. The second kappa shape index (κ2) is 9.23. The van der Waals surface area contributed by atoms with Crippen molar-refractivity contribution in [1.82, 2.24) is 10.6 Å². The van der Waals surface area contributed by atoms with Crippen molar-refractivity contribution in [3.63, 3.8) is 0 Å². The van der Waals surface area contributed by atoms with Gasteiger partial charge in [0.05, 0.1) is 11.3 Å². The van der Waals surface area contributed by atoms with E-state index in [1.165, 1.54) is 11.8 Å². The molecule has 0 unspecified atom stereocenters. The molecule has 1 saturated carbocycles. The number of hydrogen-bond donors (Lipinski definition) is 2. The average Bonchev–Trinajstić information content (AvgIpc) is 3.30. The van der Waals surface area contributed by atoms with Crippen molar-refractivity contribution in [3.8, 4) is 0 Å². The molecule has 0 atom stereocenters. The van der Waals surface area contributed by atoms with Crippen LogP contribution in [0.15, 0.2) is 33.7 Å². The lowest BCUT2D eigenvalue weighted by atomic mass is 9.96. The maximum atomic E-state index is 11.9. The molecule has 148 valence electrons. The normalized spacial score (nSPS) is 16.6. The van der Waals surface area contributed by atoms with Crippen LogP contribution >= 0.6 is 39.9 Å². The van der Waals surface area contributed by atoms with Crippen LogP contribution in [-0.4, -0.2) is 45.0 Å². The van der Waals surface area contributed by atoms with E-state index in [1.807, 2.05) is 13.0 Å². The molecule has 1 aromatic rings. The maximum absolute atomic E-state index is 11.9. The molecule has 1 aliphatic rings. The van der Waals surface area contributed by atoms with Crippen LogP contribution in [0.2, 0.25) is 0 Å². The highest BCUT2D eigenvalue weighted by Gasteiger charge is 2.44. The Morgan fingerprint density at radius 2 is 1.96 bits per heavy atom. The van der Waals surface area contributed by atoms with E-state index in [1.54, 1.807) is 13.8 Å². The van der Waals surface area contributed by atoms with Gasteiger partial charge in [-0.25, -0.2) is 8.42 Å². The van der Waals surface area contributed by atoms with Crippen LogP contribution in [0.1, 0.15) is 39.2 Å². The summed E-state index contributed by atoms with van der Waals surface area (Å²) in [5.41, 5.74) is 1.47. The average molecular weight is 558 g/mol. The largest absolute Gasteiger partial charge is 0.357 e. The fourth-order valence-electron chi connectivity index (χ4n) is 2.52. The van der Waals surface area contributed by atoms with Crippen LogP contribution in [0.4, 0.5) is 0 Å². The minimum Gasteiger partial charge on any atom is -0.357 e. The fraction of sp³-hybridized carbons (Fsp3) is 0.611. The molecule has 2 rings (SSSR count). The molecule has 0 amide bonds. The Bertz CT molecular complexity index is 747. The molecule has 1 aliphatic carbocycles. The molecule has 8 heteroatoms. The van der Waals surface area contributed by atoms with Crippen LogP contribution in [0.3, 0.4) is 0 Å². The lowest BCUT2D eigenvalue weighted by Crippen LogP contribution is -2.43. The lowest BCUT2D eigenvalue weighted by molar-refractivity contribution is 0.554. The monoisotopic (exact) mass is 557 g/mol. The molecule has 5 nitrogen and oxygen atoms in total. The molecular weight excluding hydrogens is 529 g/mol. The molecular formula is C18H29BrIN3O2S. The number of rotatable bonds is 7. The highest BCUT2D eigenvalue weighted by Crippen LogP contribution is 2.48. The molecule has 0 bridgehead atoms. The Kier molecular flexibility index (Phi) is 8.41. The second-order valence-corrected chi connectivity index (χ2v) is 10.9. The summed E-state index contributed by atoms with van der Waals surface area (Å²) in [5, 5.41) is 6.60. The number of sulfone groups is 1. The summed E-state index contributed by atoms with van der Waals surface area (Å²) in [5.74, 6) is 0.667. The molecule has 0 radical (unpaired) electrons. The van der Waals surface area contributed by atoms with Gasteiger partial charge in [0.1, 0.15) is 0 Å². The van der Waals surface area contributed by atoms with Crippen molar-refractivity contribution in [2.75, 3.05) is 25.9 Å².